The van der Waals surface area contributed by atoms with Gasteiger partial charge < -0.3 is 21.1 Å². The van der Waals surface area contributed by atoms with Crippen LogP contribution < -0.4 is 16.4 Å². The summed E-state index contributed by atoms with van der Waals surface area (Å²) in [5, 5.41) is 6.92. The third kappa shape index (κ3) is 4.43. The minimum absolute atomic E-state index is 0.166. The maximum Gasteiger partial charge on any atom is 0.263 e. The van der Waals surface area contributed by atoms with Crippen LogP contribution in [0.15, 0.2) is 17.6 Å². The van der Waals surface area contributed by atoms with Crippen LogP contribution in [-0.4, -0.2) is 38.5 Å². The topological polar surface area (TPSA) is 76.4 Å². The number of nitrogens with one attached hydrogen (secondary N) is 2. The van der Waals surface area contributed by atoms with Crippen LogP contribution in [0, 0.1) is 0 Å². The van der Waals surface area contributed by atoms with E-state index < -0.39 is 0 Å². The minimum atomic E-state index is -0.166. The molecule has 0 aliphatic heterocycles. The Balaban J connectivity index is 2.79. The Labute approximate surface area is 128 Å². The molecule has 5 nitrogen and oxygen atoms in total. The fraction of sp³-hybridized carbons (Fsp3) is 0.462. The van der Waals surface area contributed by atoms with Gasteiger partial charge in [-0.3, -0.25) is 4.79 Å². The summed E-state index contributed by atoms with van der Waals surface area (Å²) in [5.41, 5.74) is 6.58. The molecule has 0 spiro atoms. The molecule has 112 valence electrons. The molecule has 1 aromatic heterocycles. The number of nitrogens with two attached hydrogens (primary N) is 1. The van der Waals surface area contributed by atoms with Crippen LogP contribution in [0.4, 0.5) is 10.7 Å². The zero-order valence-electron chi connectivity index (χ0n) is 11.8. The van der Waals surface area contributed by atoms with Gasteiger partial charge in [-0.05, 0) is 13.2 Å². The van der Waals surface area contributed by atoms with Gasteiger partial charge in [-0.15, -0.1) is 29.7 Å². The fourth-order valence-electron chi connectivity index (χ4n) is 1.54. The maximum atomic E-state index is 12.0. The zero-order chi connectivity index (χ0) is 15.0. The van der Waals surface area contributed by atoms with Crippen molar-refractivity contribution in [1.29, 1.82) is 0 Å². The van der Waals surface area contributed by atoms with Crippen LogP contribution in [0.5, 0.6) is 0 Å². The Bertz CT molecular complexity index is 461. The Morgan fingerprint density at radius 2 is 2.35 bits per heavy atom. The average molecular weight is 315 g/mol. The van der Waals surface area contributed by atoms with Crippen molar-refractivity contribution in [2.24, 2.45) is 0 Å². The first-order chi connectivity index (χ1) is 9.65. The van der Waals surface area contributed by atoms with Crippen LogP contribution in [0.3, 0.4) is 0 Å². The van der Waals surface area contributed by atoms with E-state index in [0.29, 0.717) is 36.9 Å². The molecule has 0 aromatic carbocycles. The molecule has 1 heterocycles. The van der Waals surface area contributed by atoms with Gasteiger partial charge in [0, 0.05) is 19.7 Å². The number of ether oxygens (including phenoxy) is 1. The van der Waals surface area contributed by atoms with Crippen molar-refractivity contribution >= 4 is 39.7 Å². The number of hydrogen-bond acceptors (Lipinski definition) is 6. The van der Waals surface area contributed by atoms with Gasteiger partial charge in [-0.2, -0.15) is 0 Å². The van der Waals surface area contributed by atoms with E-state index in [2.05, 4.69) is 17.2 Å². The van der Waals surface area contributed by atoms with Crippen LogP contribution in [-0.2, 0) is 4.74 Å². The molecule has 0 bridgehead atoms. The highest BCUT2D eigenvalue weighted by Gasteiger charge is 2.20. The minimum Gasteiger partial charge on any atom is -0.396 e. The molecule has 20 heavy (non-hydrogen) atoms. The monoisotopic (exact) mass is 315 g/mol. The van der Waals surface area contributed by atoms with Gasteiger partial charge >= 0.3 is 0 Å². The molecular formula is C13H21N3O2S2. The van der Waals surface area contributed by atoms with Crippen molar-refractivity contribution in [3.05, 3.63) is 17.5 Å². The summed E-state index contributed by atoms with van der Waals surface area (Å²) in [6.45, 7) is 7.97. The summed E-state index contributed by atoms with van der Waals surface area (Å²) in [5.74, 6) is -0.166. The van der Waals surface area contributed by atoms with Gasteiger partial charge in [-0.1, -0.05) is 6.08 Å². The van der Waals surface area contributed by atoms with E-state index in [1.54, 1.807) is 6.08 Å². The van der Waals surface area contributed by atoms with Crippen molar-refractivity contribution < 1.29 is 9.53 Å². The quantitative estimate of drug-likeness (QED) is 0.371. The van der Waals surface area contributed by atoms with Crippen LogP contribution in [0.1, 0.15) is 16.6 Å². The molecular weight excluding hydrogens is 294 g/mol. The molecule has 0 aliphatic rings. The van der Waals surface area contributed by atoms with E-state index in [9.17, 15) is 4.79 Å². The first kappa shape index (κ1) is 16.9. The van der Waals surface area contributed by atoms with Gasteiger partial charge in [0.05, 0.1) is 17.2 Å². The second-order valence-electron chi connectivity index (χ2n) is 3.83. The first-order valence-corrected chi connectivity index (χ1v) is 8.36. The molecule has 0 radical (unpaired) electrons. The van der Waals surface area contributed by atoms with E-state index >= 15 is 0 Å². The smallest absolute Gasteiger partial charge is 0.263 e. The summed E-state index contributed by atoms with van der Waals surface area (Å²) >= 11 is 2.90. The van der Waals surface area contributed by atoms with Gasteiger partial charge in [-0.25, -0.2) is 0 Å². The molecule has 0 unspecified atom stereocenters. The Morgan fingerprint density at radius 1 is 1.60 bits per heavy atom. The normalized spacial score (nSPS) is 10.3. The molecule has 0 atom stereocenters. The SMILES string of the molecule is C=CCNC(=O)c1sc(NCCOCC)c(SC)c1N. The average Bonchev–Trinajstić information content (AvgIpc) is 2.77. The summed E-state index contributed by atoms with van der Waals surface area (Å²) < 4.78 is 5.28. The molecule has 1 amide bonds. The summed E-state index contributed by atoms with van der Waals surface area (Å²) in [6.07, 6.45) is 3.58. The van der Waals surface area contributed by atoms with Crippen molar-refractivity contribution in [2.45, 2.75) is 11.8 Å². The van der Waals surface area contributed by atoms with E-state index in [1.165, 1.54) is 23.1 Å². The van der Waals surface area contributed by atoms with Gasteiger partial charge in [0.2, 0.25) is 0 Å². The number of nitrogen functional groups attached to an aromatic ring is 1. The lowest BCUT2D eigenvalue weighted by Crippen LogP contribution is -2.23. The Hall–Kier alpha value is -1.18. The second kappa shape index (κ2) is 8.89. The van der Waals surface area contributed by atoms with E-state index in [1.807, 2.05) is 13.2 Å². The molecule has 7 heteroatoms. The molecule has 1 rings (SSSR count). The van der Waals surface area contributed by atoms with Gasteiger partial charge in [0.15, 0.2) is 0 Å². The molecule has 4 N–H and O–H groups in total. The number of hydrogen-bond donors (Lipinski definition) is 3. The van der Waals surface area contributed by atoms with Crippen LogP contribution in [0.25, 0.3) is 0 Å². The number of amides is 1. The van der Waals surface area contributed by atoms with E-state index in [4.69, 9.17) is 10.5 Å². The molecule has 0 fully saturated rings. The first-order valence-electron chi connectivity index (χ1n) is 6.32. The van der Waals surface area contributed by atoms with Crippen LogP contribution in [0.2, 0.25) is 0 Å². The number of anilines is 2. The van der Waals surface area contributed by atoms with Crippen LogP contribution >= 0.6 is 23.1 Å². The van der Waals surface area contributed by atoms with Crippen molar-refractivity contribution in [3.8, 4) is 0 Å². The number of rotatable bonds is 9. The highest BCUT2D eigenvalue weighted by molar-refractivity contribution is 7.99. The van der Waals surface area contributed by atoms with Crippen molar-refractivity contribution in [1.82, 2.24) is 5.32 Å². The van der Waals surface area contributed by atoms with E-state index in [0.717, 1.165) is 9.90 Å². The summed E-state index contributed by atoms with van der Waals surface area (Å²) in [4.78, 5) is 13.4. The zero-order valence-corrected chi connectivity index (χ0v) is 13.5. The van der Waals surface area contributed by atoms with E-state index in [-0.39, 0.29) is 5.91 Å². The fourth-order valence-corrected chi connectivity index (χ4v) is 3.52. The maximum absolute atomic E-state index is 12.0. The highest BCUT2D eigenvalue weighted by atomic mass is 32.2. The predicted molar refractivity (Wildman–Crippen MR) is 88.0 cm³/mol. The number of carbonyl (C=O) groups excluding carboxylic acids is 1. The lowest BCUT2D eigenvalue weighted by Gasteiger charge is -2.05. The van der Waals surface area contributed by atoms with Gasteiger partial charge in [0.1, 0.15) is 9.88 Å². The van der Waals surface area contributed by atoms with Crippen molar-refractivity contribution in [2.75, 3.05) is 43.6 Å². The van der Waals surface area contributed by atoms with Gasteiger partial charge in [0.25, 0.3) is 5.91 Å². The lowest BCUT2D eigenvalue weighted by molar-refractivity contribution is 0.0962. The molecule has 0 saturated heterocycles. The Morgan fingerprint density at radius 3 is 2.95 bits per heavy atom. The second-order valence-corrected chi connectivity index (χ2v) is 5.67. The number of carbonyl (C=O) groups is 1. The summed E-state index contributed by atoms with van der Waals surface area (Å²) in [7, 11) is 0. The molecule has 0 aliphatic carbocycles. The number of thiophene rings is 1. The standard InChI is InChI=1S/C13H21N3O2S2/c1-4-6-15-12(17)10-9(14)11(19-3)13(20-10)16-7-8-18-5-2/h4,16H,1,5-8,14H2,2-3H3,(H,15,17). The Kier molecular flexibility index (Phi) is 7.50. The largest absolute Gasteiger partial charge is 0.396 e. The third-order valence-electron chi connectivity index (χ3n) is 2.45. The molecule has 0 saturated carbocycles. The van der Waals surface area contributed by atoms with Crippen molar-refractivity contribution in [3.63, 3.8) is 0 Å². The lowest BCUT2D eigenvalue weighted by atomic mass is 10.3. The highest BCUT2D eigenvalue weighted by Crippen LogP contribution is 2.41. The molecule has 1 aromatic rings. The third-order valence-corrected chi connectivity index (χ3v) is 4.58. The summed E-state index contributed by atoms with van der Waals surface area (Å²) in [6, 6.07) is 0. The predicted octanol–water partition coefficient (Wildman–Crippen LogP) is 2.42. The number of thioether (sulfide) groups is 1.